The van der Waals surface area contributed by atoms with Gasteiger partial charge >= 0.3 is 0 Å². The van der Waals surface area contributed by atoms with E-state index in [2.05, 4.69) is 5.32 Å². The van der Waals surface area contributed by atoms with Crippen molar-refractivity contribution in [1.82, 2.24) is 5.32 Å². The van der Waals surface area contributed by atoms with Crippen molar-refractivity contribution in [3.63, 3.8) is 0 Å². The summed E-state index contributed by atoms with van der Waals surface area (Å²) in [6.07, 6.45) is 0.785. The van der Waals surface area contributed by atoms with Crippen molar-refractivity contribution in [3.8, 4) is 5.75 Å². The topological polar surface area (TPSA) is 47.6 Å². The summed E-state index contributed by atoms with van der Waals surface area (Å²) in [5, 5.41) is 3.24. The fourth-order valence-corrected chi connectivity index (χ4v) is 1.67. The maximum absolute atomic E-state index is 11.8. The molecular weight excluding hydrogens is 254 g/mol. The van der Waals surface area contributed by atoms with Gasteiger partial charge in [-0.2, -0.15) is 0 Å². The molecule has 0 unspecified atom stereocenters. The molecule has 0 atom stereocenters. The molecule has 18 heavy (non-hydrogen) atoms. The Hall–Kier alpha value is -1.26. The Labute approximate surface area is 112 Å². The standard InChI is InChI=1S/C13H18ClNO3/c1-3-18-12-6-5-10(9-11(12)14)13(16)15-7-4-8-17-2/h5-6,9H,3-4,7-8H2,1-2H3,(H,15,16). The number of nitrogens with one attached hydrogen (secondary N) is 1. The van der Waals surface area contributed by atoms with E-state index < -0.39 is 0 Å². The fourth-order valence-electron chi connectivity index (χ4n) is 1.44. The summed E-state index contributed by atoms with van der Waals surface area (Å²) in [5.41, 5.74) is 0.529. The summed E-state index contributed by atoms with van der Waals surface area (Å²) in [5.74, 6) is 0.450. The molecule has 0 aromatic heterocycles. The minimum Gasteiger partial charge on any atom is -0.492 e. The Morgan fingerprint density at radius 2 is 2.22 bits per heavy atom. The molecule has 0 fully saturated rings. The first-order valence-corrected chi connectivity index (χ1v) is 6.26. The summed E-state index contributed by atoms with van der Waals surface area (Å²) in [7, 11) is 1.63. The molecule has 0 saturated carbocycles. The molecule has 0 heterocycles. The average Bonchev–Trinajstić information content (AvgIpc) is 2.37. The van der Waals surface area contributed by atoms with Crippen LogP contribution in [0.25, 0.3) is 0 Å². The van der Waals surface area contributed by atoms with Gasteiger partial charge in [-0.25, -0.2) is 0 Å². The predicted molar refractivity (Wildman–Crippen MR) is 71.4 cm³/mol. The number of ether oxygens (including phenoxy) is 2. The van der Waals surface area contributed by atoms with E-state index in [9.17, 15) is 4.79 Å². The van der Waals surface area contributed by atoms with Gasteiger partial charge in [0.1, 0.15) is 5.75 Å². The van der Waals surface area contributed by atoms with E-state index in [4.69, 9.17) is 21.1 Å². The van der Waals surface area contributed by atoms with Gasteiger partial charge in [-0.3, -0.25) is 4.79 Å². The lowest BCUT2D eigenvalue weighted by Gasteiger charge is -2.08. The van der Waals surface area contributed by atoms with Crippen molar-refractivity contribution >= 4 is 17.5 Å². The Balaban J connectivity index is 2.55. The molecule has 1 amide bonds. The van der Waals surface area contributed by atoms with Crippen LogP contribution in [0.5, 0.6) is 5.75 Å². The van der Waals surface area contributed by atoms with Gasteiger partial charge in [0.15, 0.2) is 0 Å². The van der Waals surface area contributed by atoms with E-state index in [1.165, 1.54) is 0 Å². The maximum atomic E-state index is 11.8. The smallest absolute Gasteiger partial charge is 0.251 e. The number of carbonyl (C=O) groups excluding carboxylic acids is 1. The van der Waals surface area contributed by atoms with Gasteiger partial charge in [0, 0.05) is 25.8 Å². The van der Waals surface area contributed by atoms with Crippen molar-refractivity contribution in [2.75, 3.05) is 26.9 Å². The van der Waals surface area contributed by atoms with Gasteiger partial charge in [-0.15, -0.1) is 0 Å². The quantitative estimate of drug-likeness (QED) is 0.775. The molecule has 0 radical (unpaired) electrons. The predicted octanol–water partition coefficient (Wildman–Crippen LogP) is 2.51. The molecule has 4 nitrogen and oxygen atoms in total. The first-order valence-electron chi connectivity index (χ1n) is 5.88. The number of halogens is 1. The summed E-state index contributed by atoms with van der Waals surface area (Å²) >= 11 is 6.01. The number of hydrogen-bond acceptors (Lipinski definition) is 3. The first kappa shape index (κ1) is 14.8. The monoisotopic (exact) mass is 271 g/mol. The van der Waals surface area contributed by atoms with Crippen LogP contribution in [-0.2, 0) is 4.74 Å². The minimum atomic E-state index is -0.143. The first-order chi connectivity index (χ1) is 8.69. The van der Waals surface area contributed by atoms with Crippen LogP contribution in [0.3, 0.4) is 0 Å². The molecule has 0 aliphatic carbocycles. The van der Waals surface area contributed by atoms with E-state index in [0.717, 1.165) is 6.42 Å². The molecule has 0 bridgehead atoms. The van der Waals surface area contributed by atoms with Gasteiger partial charge in [-0.05, 0) is 31.5 Å². The largest absolute Gasteiger partial charge is 0.492 e. The van der Waals surface area contributed by atoms with E-state index in [1.807, 2.05) is 6.92 Å². The lowest BCUT2D eigenvalue weighted by atomic mass is 10.2. The molecule has 1 rings (SSSR count). The number of amides is 1. The van der Waals surface area contributed by atoms with Crippen molar-refractivity contribution in [1.29, 1.82) is 0 Å². The summed E-state index contributed by atoms with van der Waals surface area (Å²) in [6, 6.07) is 5.01. The van der Waals surface area contributed by atoms with Gasteiger partial charge in [-0.1, -0.05) is 11.6 Å². The molecule has 0 aliphatic rings. The highest BCUT2D eigenvalue weighted by Crippen LogP contribution is 2.25. The molecule has 0 aliphatic heterocycles. The van der Waals surface area contributed by atoms with Crippen LogP contribution in [0.4, 0.5) is 0 Å². The third kappa shape index (κ3) is 4.55. The molecule has 1 aromatic carbocycles. The Morgan fingerprint density at radius 1 is 1.44 bits per heavy atom. The van der Waals surface area contributed by atoms with Crippen molar-refractivity contribution in [2.24, 2.45) is 0 Å². The van der Waals surface area contributed by atoms with E-state index in [-0.39, 0.29) is 5.91 Å². The normalized spacial score (nSPS) is 10.2. The third-order valence-corrected chi connectivity index (χ3v) is 2.60. The van der Waals surface area contributed by atoms with Crippen molar-refractivity contribution < 1.29 is 14.3 Å². The van der Waals surface area contributed by atoms with Crippen LogP contribution in [0.2, 0.25) is 5.02 Å². The van der Waals surface area contributed by atoms with Crippen LogP contribution in [0.1, 0.15) is 23.7 Å². The van der Waals surface area contributed by atoms with E-state index in [1.54, 1.807) is 25.3 Å². The van der Waals surface area contributed by atoms with Gasteiger partial charge in [0.2, 0.25) is 0 Å². The number of benzene rings is 1. The van der Waals surface area contributed by atoms with Gasteiger partial charge < -0.3 is 14.8 Å². The highest BCUT2D eigenvalue weighted by Gasteiger charge is 2.08. The van der Waals surface area contributed by atoms with Crippen LogP contribution >= 0.6 is 11.6 Å². The highest BCUT2D eigenvalue weighted by atomic mass is 35.5. The Morgan fingerprint density at radius 3 is 2.83 bits per heavy atom. The van der Waals surface area contributed by atoms with Crippen LogP contribution < -0.4 is 10.1 Å². The molecule has 1 N–H and O–H groups in total. The van der Waals surface area contributed by atoms with Crippen molar-refractivity contribution in [3.05, 3.63) is 28.8 Å². The lowest BCUT2D eigenvalue weighted by Crippen LogP contribution is -2.25. The maximum Gasteiger partial charge on any atom is 0.251 e. The SMILES string of the molecule is CCOc1ccc(C(=O)NCCCOC)cc1Cl. The molecule has 100 valence electrons. The second-order valence-electron chi connectivity index (χ2n) is 3.68. The van der Waals surface area contributed by atoms with Crippen LogP contribution in [-0.4, -0.2) is 32.8 Å². The summed E-state index contributed by atoms with van der Waals surface area (Å²) < 4.78 is 10.2. The molecule has 0 saturated heterocycles. The molecular formula is C13H18ClNO3. The fraction of sp³-hybridized carbons (Fsp3) is 0.462. The summed E-state index contributed by atoms with van der Waals surface area (Å²) in [4.78, 5) is 11.8. The number of rotatable bonds is 7. The van der Waals surface area contributed by atoms with E-state index >= 15 is 0 Å². The van der Waals surface area contributed by atoms with Gasteiger partial charge in [0.05, 0.1) is 11.6 Å². The Bertz CT molecular complexity index is 396. The zero-order valence-electron chi connectivity index (χ0n) is 10.7. The summed E-state index contributed by atoms with van der Waals surface area (Å²) in [6.45, 7) is 3.64. The molecule has 1 aromatic rings. The minimum absolute atomic E-state index is 0.143. The zero-order chi connectivity index (χ0) is 13.4. The lowest BCUT2D eigenvalue weighted by molar-refractivity contribution is 0.0948. The molecule has 5 heteroatoms. The second kappa shape index (κ2) is 7.95. The highest BCUT2D eigenvalue weighted by molar-refractivity contribution is 6.32. The van der Waals surface area contributed by atoms with Crippen LogP contribution in [0.15, 0.2) is 18.2 Å². The number of methoxy groups -OCH3 is 1. The van der Waals surface area contributed by atoms with Gasteiger partial charge in [0.25, 0.3) is 5.91 Å². The van der Waals surface area contributed by atoms with Crippen molar-refractivity contribution in [2.45, 2.75) is 13.3 Å². The molecule has 0 spiro atoms. The zero-order valence-corrected chi connectivity index (χ0v) is 11.4. The third-order valence-electron chi connectivity index (χ3n) is 2.30. The Kier molecular flexibility index (Phi) is 6.54. The second-order valence-corrected chi connectivity index (χ2v) is 4.09. The number of hydrogen-bond donors (Lipinski definition) is 1. The van der Waals surface area contributed by atoms with Crippen LogP contribution in [0, 0.1) is 0 Å². The average molecular weight is 272 g/mol. The number of carbonyl (C=O) groups is 1. The van der Waals surface area contributed by atoms with E-state index in [0.29, 0.717) is 36.1 Å².